The fourth-order valence-corrected chi connectivity index (χ4v) is 3.40. The summed E-state index contributed by atoms with van der Waals surface area (Å²) in [7, 11) is 0. The molecule has 1 fully saturated rings. The Morgan fingerprint density at radius 3 is 2.61 bits per heavy atom. The topological polar surface area (TPSA) is 145 Å². The third kappa shape index (κ3) is 4.20. The molecule has 3 aromatic rings. The third-order valence-electron chi connectivity index (χ3n) is 5.05. The van der Waals surface area contributed by atoms with E-state index in [1.54, 1.807) is 24.3 Å². The molecule has 1 aromatic carbocycles. The maximum atomic E-state index is 12.4. The lowest BCUT2D eigenvalue weighted by Gasteiger charge is -2.30. The van der Waals surface area contributed by atoms with Crippen LogP contribution in [0.1, 0.15) is 28.9 Å². The van der Waals surface area contributed by atoms with Crippen molar-refractivity contribution in [3.8, 4) is 23.5 Å². The number of furan rings is 1. The van der Waals surface area contributed by atoms with Crippen LogP contribution in [0.15, 0.2) is 51.5 Å². The fourth-order valence-electron chi connectivity index (χ4n) is 3.40. The summed E-state index contributed by atoms with van der Waals surface area (Å²) < 4.78 is 11.0. The standard InChI is InChI=1S/C21H19N5O5/c22-12-15-21(31-20(23-15)17-6-3-11-30-17)26-9-7-13(8-10-26)18(28)24-25-19(29)14-4-1-2-5-16(14)27/h1-6,11,13,27H,7-10H2,(H,24,28)(H,25,29). The van der Waals surface area contributed by atoms with E-state index >= 15 is 0 Å². The van der Waals surface area contributed by atoms with Gasteiger partial charge < -0.3 is 18.8 Å². The van der Waals surface area contributed by atoms with Gasteiger partial charge in [-0.15, -0.1) is 0 Å². The van der Waals surface area contributed by atoms with Gasteiger partial charge in [0.25, 0.3) is 11.8 Å². The number of piperidine rings is 1. The van der Waals surface area contributed by atoms with Crippen molar-refractivity contribution >= 4 is 17.7 Å². The smallest absolute Gasteiger partial charge is 0.273 e. The summed E-state index contributed by atoms with van der Waals surface area (Å²) in [5.74, 6) is -0.413. The molecule has 31 heavy (non-hydrogen) atoms. The minimum absolute atomic E-state index is 0.0688. The van der Waals surface area contributed by atoms with Crippen LogP contribution in [0, 0.1) is 17.2 Å². The summed E-state index contributed by atoms with van der Waals surface area (Å²) in [4.78, 5) is 30.6. The average Bonchev–Trinajstić information content (AvgIpc) is 3.47. The van der Waals surface area contributed by atoms with Crippen molar-refractivity contribution in [1.82, 2.24) is 15.8 Å². The molecule has 0 unspecified atom stereocenters. The molecule has 0 saturated carbocycles. The molecule has 3 heterocycles. The molecule has 158 valence electrons. The molecular formula is C21H19N5O5. The van der Waals surface area contributed by atoms with Gasteiger partial charge in [-0.1, -0.05) is 12.1 Å². The molecule has 0 bridgehead atoms. The van der Waals surface area contributed by atoms with Crippen LogP contribution in [0.3, 0.4) is 0 Å². The first-order valence-corrected chi connectivity index (χ1v) is 9.64. The Morgan fingerprint density at radius 1 is 1.16 bits per heavy atom. The number of anilines is 1. The number of oxazole rings is 1. The van der Waals surface area contributed by atoms with E-state index in [1.165, 1.54) is 18.4 Å². The Hall–Kier alpha value is -4.26. The summed E-state index contributed by atoms with van der Waals surface area (Å²) in [6.45, 7) is 0.958. The van der Waals surface area contributed by atoms with Crippen LogP contribution < -0.4 is 15.8 Å². The van der Waals surface area contributed by atoms with Gasteiger partial charge in [0.2, 0.25) is 17.5 Å². The fraction of sp³-hybridized carbons (Fsp3) is 0.238. The van der Waals surface area contributed by atoms with E-state index in [1.807, 2.05) is 11.0 Å². The lowest BCUT2D eigenvalue weighted by atomic mass is 9.96. The quantitative estimate of drug-likeness (QED) is 0.544. The number of nitriles is 1. The van der Waals surface area contributed by atoms with Gasteiger partial charge in [-0.05, 0) is 37.1 Å². The van der Waals surface area contributed by atoms with Gasteiger partial charge in [0.15, 0.2) is 5.76 Å². The molecule has 10 nitrogen and oxygen atoms in total. The normalized spacial score (nSPS) is 14.1. The van der Waals surface area contributed by atoms with Gasteiger partial charge in [-0.25, -0.2) is 0 Å². The number of amides is 2. The third-order valence-corrected chi connectivity index (χ3v) is 5.05. The van der Waals surface area contributed by atoms with Gasteiger partial charge in [0.05, 0.1) is 11.8 Å². The Labute approximate surface area is 177 Å². The Morgan fingerprint density at radius 2 is 1.94 bits per heavy atom. The molecule has 1 aliphatic rings. The van der Waals surface area contributed by atoms with E-state index in [4.69, 9.17) is 8.83 Å². The number of hydrogen-bond acceptors (Lipinski definition) is 8. The summed E-state index contributed by atoms with van der Waals surface area (Å²) >= 11 is 0. The van der Waals surface area contributed by atoms with E-state index in [9.17, 15) is 20.0 Å². The van der Waals surface area contributed by atoms with Crippen molar-refractivity contribution in [2.24, 2.45) is 5.92 Å². The molecule has 1 aliphatic heterocycles. The maximum Gasteiger partial charge on any atom is 0.273 e. The van der Waals surface area contributed by atoms with Crippen LogP contribution in [-0.2, 0) is 4.79 Å². The van der Waals surface area contributed by atoms with E-state index in [-0.39, 0.29) is 34.7 Å². The van der Waals surface area contributed by atoms with Gasteiger partial charge in [-0.3, -0.25) is 20.4 Å². The molecule has 1 saturated heterocycles. The first kappa shape index (κ1) is 20.0. The number of rotatable bonds is 4. The molecule has 10 heteroatoms. The molecule has 0 atom stereocenters. The number of nitrogens with one attached hydrogen (secondary N) is 2. The van der Waals surface area contributed by atoms with Crippen LogP contribution in [-0.4, -0.2) is 35.0 Å². The number of aromatic nitrogens is 1. The minimum Gasteiger partial charge on any atom is -0.507 e. The van der Waals surface area contributed by atoms with Crippen molar-refractivity contribution in [3.63, 3.8) is 0 Å². The van der Waals surface area contributed by atoms with Crippen LogP contribution in [0.25, 0.3) is 11.7 Å². The Bertz CT molecular complexity index is 1120. The number of phenols is 1. The predicted octanol–water partition coefficient (Wildman–Crippen LogP) is 2.19. The van der Waals surface area contributed by atoms with Crippen molar-refractivity contribution in [1.29, 1.82) is 5.26 Å². The lowest BCUT2D eigenvalue weighted by molar-refractivity contribution is -0.126. The van der Waals surface area contributed by atoms with Crippen LogP contribution in [0.5, 0.6) is 5.75 Å². The second kappa shape index (κ2) is 8.62. The van der Waals surface area contributed by atoms with E-state index in [0.29, 0.717) is 37.6 Å². The van der Waals surface area contributed by atoms with Crippen molar-refractivity contribution in [3.05, 3.63) is 53.9 Å². The number of benzene rings is 1. The number of para-hydroxylation sites is 1. The first-order chi connectivity index (χ1) is 15.1. The predicted molar refractivity (Wildman–Crippen MR) is 108 cm³/mol. The molecule has 3 N–H and O–H groups in total. The number of carbonyl (C=O) groups is 2. The number of phenolic OH excluding ortho intramolecular Hbond substituents is 1. The summed E-state index contributed by atoms with van der Waals surface area (Å²) in [6.07, 6.45) is 2.49. The molecule has 4 rings (SSSR count). The highest BCUT2D eigenvalue weighted by molar-refractivity contribution is 5.97. The zero-order chi connectivity index (χ0) is 21.8. The average molecular weight is 421 g/mol. The SMILES string of the molecule is N#Cc1nc(-c2ccco2)oc1N1CCC(C(=O)NNC(=O)c2ccccc2O)CC1. The minimum atomic E-state index is -0.602. The number of hydrazine groups is 1. The molecular weight excluding hydrogens is 402 g/mol. The highest BCUT2D eigenvalue weighted by Gasteiger charge is 2.29. The van der Waals surface area contributed by atoms with Crippen LogP contribution >= 0.6 is 0 Å². The second-order valence-electron chi connectivity index (χ2n) is 6.98. The number of hydrogen-bond donors (Lipinski definition) is 3. The molecule has 2 amide bonds. The highest BCUT2D eigenvalue weighted by Crippen LogP contribution is 2.31. The highest BCUT2D eigenvalue weighted by atomic mass is 16.4. The monoisotopic (exact) mass is 421 g/mol. The Kier molecular flexibility index (Phi) is 5.57. The summed E-state index contributed by atoms with van der Waals surface area (Å²) in [5, 5.41) is 19.1. The van der Waals surface area contributed by atoms with Gasteiger partial charge in [0, 0.05) is 19.0 Å². The van der Waals surface area contributed by atoms with Crippen molar-refractivity contribution in [2.45, 2.75) is 12.8 Å². The second-order valence-corrected chi connectivity index (χ2v) is 6.98. The first-order valence-electron chi connectivity index (χ1n) is 9.64. The number of carbonyl (C=O) groups excluding carboxylic acids is 2. The van der Waals surface area contributed by atoms with Crippen LogP contribution in [0.4, 0.5) is 5.88 Å². The van der Waals surface area contributed by atoms with Gasteiger partial charge in [0.1, 0.15) is 11.8 Å². The van der Waals surface area contributed by atoms with Crippen molar-refractivity contribution in [2.75, 3.05) is 18.0 Å². The van der Waals surface area contributed by atoms with E-state index < -0.39 is 5.91 Å². The van der Waals surface area contributed by atoms with E-state index in [2.05, 4.69) is 15.8 Å². The maximum absolute atomic E-state index is 12.4. The number of aromatic hydroxyl groups is 1. The lowest BCUT2D eigenvalue weighted by Crippen LogP contribution is -2.47. The van der Waals surface area contributed by atoms with Gasteiger partial charge in [-0.2, -0.15) is 10.2 Å². The summed E-state index contributed by atoms with van der Waals surface area (Å²) in [5.41, 5.74) is 4.96. The zero-order valence-corrected chi connectivity index (χ0v) is 16.4. The molecule has 0 radical (unpaired) electrons. The van der Waals surface area contributed by atoms with Crippen LogP contribution in [0.2, 0.25) is 0 Å². The molecule has 2 aromatic heterocycles. The van der Waals surface area contributed by atoms with Crippen molar-refractivity contribution < 1.29 is 23.5 Å². The number of nitrogens with zero attached hydrogens (tertiary/aromatic N) is 3. The Balaban J connectivity index is 1.34. The zero-order valence-electron chi connectivity index (χ0n) is 16.4. The summed E-state index contributed by atoms with van der Waals surface area (Å²) in [6, 6.07) is 11.5. The molecule has 0 spiro atoms. The largest absolute Gasteiger partial charge is 0.507 e. The molecule has 0 aliphatic carbocycles. The van der Waals surface area contributed by atoms with Gasteiger partial charge >= 0.3 is 0 Å². The van der Waals surface area contributed by atoms with E-state index in [0.717, 1.165) is 0 Å².